The lowest BCUT2D eigenvalue weighted by molar-refractivity contribution is -0.0645. The van der Waals surface area contributed by atoms with Crippen LogP contribution in [0, 0.1) is 5.41 Å². The van der Waals surface area contributed by atoms with Gasteiger partial charge in [0, 0.05) is 23.7 Å². The largest absolute Gasteiger partial charge is 0.392 e. The minimum atomic E-state index is -3.66. The Balaban J connectivity index is 2.19. The Hall–Kier alpha value is -1.18. The van der Waals surface area contributed by atoms with Crippen LogP contribution in [0.3, 0.4) is 0 Å². The monoisotopic (exact) mass is 272 g/mol. The molecular formula is C11H16N2O4S. The molecule has 0 aromatic carbocycles. The van der Waals surface area contributed by atoms with Crippen LogP contribution in [0.15, 0.2) is 28.0 Å². The molecule has 1 aliphatic carbocycles. The van der Waals surface area contributed by atoms with Gasteiger partial charge in [-0.15, -0.1) is 0 Å². The summed E-state index contributed by atoms with van der Waals surface area (Å²) in [6, 6.07) is 2.11. The van der Waals surface area contributed by atoms with E-state index in [1.54, 1.807) is 13.8 Å². The lowest BCUT2D eigenvalue weighted by atomic mass is 9.65. The van der Waals surface area contributed by atoms with Crippen LogP contribution in [0.1, 0.15) is 20.3 Å². The average molecular weight is 272 g/mol. The first-order valence-corrected chi connectivity index (χ1v) is 7.11. The standard InChI is InChI=1S/C11H16N2O4S/c1-11(2)8(5-9(11)14)13-18(16,17)7-3-4-10(15)12-6-7/h3-4,6,8-9,13-14H,5H2,1-2H3,(H,12,15). The summed E-state index contributed by atoms with van der Waals surface area (Å²) >= 11 is 0. The molecule has 0 aliphatic heterocycles. The van der Waals surface area contributed by atoms with Crippen molar-refractivity contribution < 1.29 is 13.5 Å². The Morgan fingerprint density at radius 2 is 2.11 bits per heavy atom. The molecule has 0 saturated heterocycles. The van der Waals surface area contributed by atoms with Crippen LogP contribution >= 0.6 is 0 Å². The van der Waals surface area contributed by atoms with Crippen LogP contribution in [-0.2, 0) is 10.0 Å². The van der Waals surface area contributed by atoms with Crippen LogP contribution in [0.25, 0.3) is 0 Å². The number of pyridine rings is 1. The fourth-order valence-electron chi connectivity index (χ4n) is 1.92. The van der Waals surface area contributed by atoms with Crippen LogP contribution in [0.4, 0.5) is 0 Å². The second-order valence-electron chi connectivity index (χ2n) is 5.14. The third-order valence-corrected chi connectivity index (χ3v) is 5.05. The highest BCUT2D eigenvalue weighted by atomic mass is 32.2. The number of hydrogen-bond donors (Lipinski definition) is 3. The highest BCUT2D eigenvalue weighted by Gasteiger charge is 2.48. The number of aromatic nitrogens is 1. The smallest absolute Gasteiger partial charge is 0.247 e. The summed E-state index contributed by atoms with van der Waals surface area (Å²) in [5.74, 6) is 0. The van der Waals surface area contributed by atoms with E-state index in [9.17, 15) is 18.3 Å². The Morgan fingerprint density at radius 3 is 2.56 bits per heavy atom. The minimum Gasteiger partial charge on any atom is -0.392 e. The van der Waals surface area contributed by atoms with Crippen LogP contribution < -0.4 is 10.3 Å². The number of rotatable bonds is 3. The SMILES string of the molecule is CC1(C)C(O)CC1NS(=O)(=O)c1ccc(=O)[nH]c1. The summed E-state index contributed by atoms with van der Waals surface area (Å²) < 4.78 is 26.6. The van der Waals surface area contributed by atoms with Crippen molar-refractivity contribution in [2.75, 3.05) is 0 Å². The number of aromatic amines is 1. The van der Waals surface area contributed by atoms with Gasteiger partial charge in [-0.3, -0.25) is 4.79 Å². The van der Waals surface area contributed by atoms with Gasteiger partial charge in [0.05, 0.1) is 11.0 Å². The van der Waals surface area contributed by atoms with E-state index in [4.69, 9.17) is 0 Å². The number of aliphatic hydroxyl groups is 1. The van der Waals surface area contributed by atoms with Crippen molar-refractivity contribution in [3.8, 4) is 0 Å². The molecule has 1 saturated carbocycles. The van der Waals surface area contributed by atoms with E-state index in [-0.39, 0.29) is 16.5 Å². The van der Waals surface area contributed by atoms with E-state index in [2.05, 4.69) is 9.71 Å². The quantitative estimate of drug-likeness (QED) is 0.710. The zero-order valence-corrected chi connectivity index (χ0v) is 11.0. The summed E-state index contributed by atoms with van der Waals surface area (Å²) in [5, 5.41) is 9.57. The summed E-state index contributed by atoms with van der Waals surface area (Å²) in [7, 11) is -3.66. The summed E-state index contributed by atoms with van der Waals surface area (Å²) in [4.78, 5) is 13.2. The van der Waals surface area contributed by atoms with Crippen LogP contribution in [0.5, 0.6) is 0 Å². The van der Waals surface area contributed by atoms with Gasteiger partial charge in [0.15, 0.2) is 0 Å². The average Bonchev–Trinajstić information content (AvgIpc) is 2.29. The highest BCUT2D eigenvalue weighted by Crippen LogP contribution is 2.41. The van der Waals surface area contributed by atoms with Gasteiger partial charge in [-0.05, 0) is 12.5 Å². The van der Waals surface area contributed by atoms with Gasteiger partial charge in [0.1, 0.15) is 0 Å². The van der Waals surface area contributed by atoms with E-state index in [0.717, 1.165) is 12.3 Å². The molecule has 1 aromatic rings. The number of aliphatic hydroxyl groups excluding tert-OH is 1. The molecule has 3 N–H and O–H groups in total. The van der Waals surface area contributed by atoms with Crippen molar-refractivity contribution >= 4 is 10.0 Å². The number of hydrogen-bond acceptors (Lipinski definition) is 4. The molecule has 0 amide bonds. The first-order valence-electron chi connectivity index (χ1n) is 5.62. The molecule has 1 aliphatic rings. The van der Waals surface area contributed by atoms with Gasteiger partial charge in [0.25, 0.3) is 0 Å². The molecular weight excluding hydrogens is 256 g/mol. The Kier molecular flexibility index (Phi) is 3.08. The second-order valence-corrected chi connectivity index (χ2v) is 6.85. The third kappa shape index (κ3) is 2.21. The highest BCUT2D eigenvalue weighted by molar-refractivity contribution is 7.89. The molecule has 0 spiro atoms. The number of sulfonamides is 1. The second kappa shape index (κ2) is 4.18. The maximum atomic E-state index is 12.0. The molecule has 2 atom stereocenters. The molecule has 0 radical (unpaired) electrons. The molecule has 18 heavy (non-hydrogen) atoms. The molecule has 100 valence electrons. The Morgan fingerprint density at radius 1 is 1.44 bits per heavy atom. The molecule has 0 bridgehead atoms. The van der Waals surface area contributed by atoms with Crippen LogP contribution in [0.2, 0.25) is 0 Å². The molecule has 2 rings (SSSR count). The minimum absolute atomic E-state index is 0.0132. The lowest BCUT2D eigenvalue weighted by Crippen LogP contribution is -2.61. The zero-order chi connectivity index (χ0) is 13.6. The van der Waals surface area contributed by atoms with E-state index >= 15 is 0 Å². The summed E-state index contributed by atoms with van der Waals surface area (Å²) in [6.07, 6.45) is 1.06. The number of nitrogens with one attached hydrogen (secondary N) is 2. The fourth-order valence-corrected chi connectivity index (χ4v) is 3.29. The normalized spacial score (nSPS) is 26.6. The van der Waals surface area contributed by atoms with Gasteiger partial charge in [-0.2, -0.15) is 0 Å². The van der Waals surface area contributed by atoms with Crippen molar-refractivity contribution in [2.45, 2.75) is 37.3 Å². The van der Waals surface area contributed by atoms with Crippen molar-refractivity contribution in [1.29, 1.82) is 0 Å². The maximum Gasteiger partial charge on any atom is 0.247 e. The van der Waals surface area contributed by atoms with E-state index in [0.29, 0.717) is 6.42 Å². The summed E-state index contributed by atoms with van der Waals surface area (Å²) in [6.45, 7) is 3.61. The van der Waals surface area contributed by atoms with Gasteiger partial charge in [-0.1, -0.05) is 13.8 Å². The predicted octanol–water partition coefficient (Wildman–Crippen LogP) is -0.187. The predicted molar refractivity (Wildman–Crippen MR) is 65.6 cm³/mol. The molecule has 2 unspecified atom stereocenters. The van der Waals surface area contributed by atoms with Crippen LogP contribution in [-0.4, -0.2) is 30.7 Å². The third-order valence-electron chi connectivity index (χ3n) is 3.58. The molecule has 1 fully saturated rings. The fraction of sp³-hybridized carbons (Fsp3) is 0.545. The molecule has 7 heteroatoms. The van der Waals surface area contributed by atoms with E-state index in [1.807, 2.05) is 0 Å². The van der Waals surface area contributed by atoms with Gasteiger partial charge in [0.2, 0.25) is 15.6 Å². The van der Waals surface area contributed by atoms with Crippen molar-refractivity contribution in [3.05, 3.63) is 28.7 Å². The first kappa shape index (κ1) is 13.3. The topological polar surface area (TPSA) is 99.3 Å². The molecule has 1 heterocycles. The lowest BCUT2D eigenvalue weighted by Gasteiger charge is -2.49. The van der Waals surface area contributed by atoms with E-state index in [1.165, 1.54) is 6.07 Å². The zero-order valence-electron chi connectivity index (χ0n) is 10.2. The van der Waals surface area contributed by atoms with Gasteiger partial charge < -0.3 is 10.1 Å². The van der Waals surface area contributed by atoms with E-state index < -0.39 is 21.5 Å². The molecule has 6 nitrogen and oxygen atoms in total. The summed E-state index contributed by atoms with van der Waals surface area (Å²) in [5.41, 5.74) is -0.830. The Bertz CT molecular complexity index is 585. The number of H-pyrrole nitrogens is 1. The first-order chi connectivity index (χ1) is 8.23. The Labute approximate surface area is 105 Å². The molecule has 1 aromatic heterocycles. The maximum absolute atomic E-state index is 12.0. The van der Waals surface area contributed by atoms with Gasteiger partial charge >= 0.3 is 0 Å². The van der Waals surface area contributed by atoms with Crippen molar-refractivity contribution in [1.82, 2.24) is 9.71 Å². The van der Waals surface area contributed by atoms with Crippen molar-refractivity contribution in [3.63, 3.8) is 0 Å². The van der Waals surface area contributed by atoms with Gasteiger partial charge in [-0.25, -0.2) is 13.1 Å². The van der Waals surface area contributed by atoms with Crippen molar-refractivity contribution in [2.24, 2.45) is 5.41 Å².